The van der Waals surface area contributed by atoms with Crippen LogP contribution in [0, 0.1) is 0 Å². The highest BCUT2D eigenvalue weighted by atomic mass is 35.5. The summed E-state index contributed by atoms with van der Waals surface area (Å²) in [6.45, 7) is 0. The quantitative estimate of drug-likeness (QED) is 0.909. The number of halogens is 2. The molecule has 0 aliphatic carbocycles. The van der Waals surface area contributed by atoms with Gasteiger partial charge in [0, 0.05) is 23.2 Å². The number of aromatic nitrogens is 1. The van der Waals surface area contributed by atoms with Gasteiger partial charge in [-0.05, 0) is 23.8 Å². The minimum atomic E-state index is -0.755. The second kappa shape index (κ2) is 5.57. The first-order valence-electron chi connectivity index (χ1n) is 5.39. The fourth-order valence-corrected chi connectivity index (χ4v) is 2.11. The maximum absolute atomic E-state index is 10.1. The van der Waals surface area contributed by atoms with Crippen LogP contribution >= 0.6 is 23.2 Å². The van der Waals surface area contributed by atoms with Crippen molar-refractivity contribution in [3.05, 3.63) is 57.7 Å². The Morgan fingerprint density at radius 1 is 1.22 bits per heavy atom. The molecular formula is C13H12Cl2N2O. The van der Waals surface area contributed by atoms with E-state index in [9.17, 15) is 5.11 Å². The van der Waals surface area contributed by atoms with E-state index in [0.29, 0.717) is 22.0 Å². The van der Waals surface area contributed by atoms with Crippen molar-refractivity contribution < 1.29 is 5.11 Å². The number of pyridine rings is 1. The van der Waals surface area contributed by atoms with Crippen molar-refractivity contribution in [2.45, 2.75) is 12.5 Å². The molecule has 3 N–H and O–H groups in total. The van der Waals surface area contributed by atoms with Crippen LogP contribution < -0.4 is 5.73 Å². The van der Waals surface area contributed by atoms with Gasteiger partial charge in [0.25, 0.3) is 0 Å². The zero-order valence-corrected chi connectivity index (χ0v) is 11.0. The molecule has 0 radical (unpaired) electrons. The summed E-state index contributed by atoms with van der Waals surface area (Å²) < 4.78 is 0. The lowest BCUT2D eigenvalue weighted by molar-refractivity contribution is 0.179. The SMILES string of the molecule is Nc1ncc(Cl)cc1C(O)Cc1cccc(Cl)c1. The first-order valence-corrected chi connectivity index (χ1v) is 6.15. The van der Waals surface area contributed by atoms with Gasteiger partial charge in [-0.1, -0.05) is 35.3 Å². The molecule has 0 spiro atoms. The molecule has 5 heteroatoms. The van der Waals surface area contributed by atoms with E-state index in [1.165, 1.54) is 6.20 Å². The molecule has 2 aromatic rings. The first kappa shape index (κ1) is 13.1. The Balaban J connectivity index is 2.21. The average Bonchev–Trinajstić information content (AvgIpc) is 2.32. The molecule has 0 aliphatic rings. The highest BCUT2D eigenvalue weighted by molar-refractivity contribution is 6.30. The van der Waals surface area contributed by atoms with Crippen LogP contribution in [0.2, 0.25) is 10.0 Å². The van der Waals surface area contributed by atoms with Crippen LogP contribution in [-0.2, 0) is 6.42 Å². The van der Waals surface area contributed by atoms with Crippen molar-refractivity contribution in [2.24, 2.45) is 0 Å². The second-order valence-electron chi connectivity index (χ2n) is 3.98. The lowest BCUT2D eigenvalue weighted by Crippen LogP contribution is -2.06. The van der Waals surface area contributed by atoms with E-state index >= 15 is 0 Å². The van der Waals surface area contributed by atoms with Crippen molar-refractivity contribution >= 4 is 29.0 Å². The van der Waals surface area contributed by atoms with Crippen LogP contribution in [-0.4, -0.2) is 10.1 Å². The first-order chi connectivity index (χ1) is 8.56. The van der Waals surface area contributed by atoms with Crippen molar-refractivity contribution in [3.8, 4) is 0 Å². The van der Waals surface area contributed by atoms with Gasteiger partial charge in [0.1, 0.15) is 5.82 Å². The van der Waals surface area contributed by atoms with Gasteiger partial charge in [0.15, 0.2) is 0 Å². The van der Waals surface area contributed by atoms with Gasteiger partial charge >= 0.3 is 0 Å². The van der Waals surface area contributed by atoms with Crippen LogP contribution in [0.15, 0.2) is 36.5 Å². The zero-order valence-electron chi connectivity index (χ0n) is 9.48. The van der Waals surface area contributed by atoms with Crippen LogP contribution in [0.1, 0.15) is 17.2 Å². The highest BCUT2D eigenvalue weighted by Gasteiger charge is 2.13. The molecule has 0 bridgehead atoms. The van der Waals surface area contributed by atoms with E-state index in [2.05, 4.69) is 4.98 Å². The molecule has 0 saturated carbocycles. The number of anilines is 1. The summed E-state index contributed by atoms with van der Waals surface area (Å²) in [5, 5.41) is 11.2. The standard InChI is InChI=1S/C13H12Cl2N2O/c14-9-3-1-2-8(4-9)5-12(18)11-6-10(15)7-17-13(11)16/h1-4,6-7,12,18H,5H2,(H2,16,17). The molecular weight excluding hydrogens is 271 g/mol. The number of benzene rings is 1. The third-order valence-corrected chi connectivity index (χ3v) is 3.03. The van der Waals surface area contributed by atoms with Gasteiger partial charge in [-0.2, -0.15) is 0 Å². The maximum atomic E-state index is 10.1. The van der Waals surface area contributed by atoms with Gasteiger partial charge in [-0.15, -0.1) is 0 Å². The Kier molecular flexibility index (Phi) is 4.07. The lowest BCUT2D eigenvalue weighted by Gasteiger charge is -2.13. The van der Waals surface area contributed by atoms with Crippen LogP contribution in [0.4, 0.5) is 5.82 Å². The van der Waals surface area contributed by atoms with Crippen molar-refractivity contribution in [1.82, 2.24) is 4.98 Å². The minimum Gasteiger partial charge on any atom is -0.388 e. The van der Waals surface area contributed by atoms with Gasteiger partial charge in [-0.3, -0.25) is 0 Å². The summed E-state index contributed by atoms with van der Waals surface area (Å²) in [6, 6.07) is 8.94. The number of hydrogen-bond donors (Lipinski definition) is 2. The predicted octanol–water partition coefficient (Wildman–Crippen LogP) is 3.25. The number of hydrogen-bond acceptors (Lipinski definition) is 3. The topological polar surface area (TPSA) is 59.1 Å². The molecule has 0 aliphatic heterocycles. The summed E-state index contributed by atoms with van der Waals surface area (Å²) in [6.07, 6.45) is 1.11. The molecule has 1 aromatic heterocycles. The second-order valence-corrected chi connectivity index (χ2v) is 4.85. The number of nitrogen functional groups attached to an aromatic ring is 1. The monoisotopic (exact) mass is 282 g/mol. The zero-order chi connectivity index (χ0) is 13.1. The van der Waals surface area contributed by atoms with Crippen molar-refractivity contribution in [2.75, 3.05) is 5.73 Å². The van der Waals surface area contributed by atoms with E-state index < -0.39 is 6.10 Å². The maximum Gasteiger partial charge on any atom is 0.129 e. The highest BCUT2D eigenvalue weighted by Crippen LogP contribution is 2.25. The Hall–Kier alpha value is -1.29. The number of aliphatic hydroxyl groups excluding tert-OH is 1. The fourth-order valence-electron chi connectivity index (χ4n) is 1.73. The van der Waals surface area contributed by atoms with E-state index in [-0.39, 0.29) is 5.82 Å². The van der Waals surface area contributed by atoms with E-state index in [1.807, 2.05) is 12.1 Å². The van der Waals surface area contributed by atoms with Crippen LogP contribution in [0.25, 0.3) is 0 Å². The minimum absolute atomic E-state index is 0.286. The van der Waals surface area contributed by atoms with E-state index in [4.69, 9.17) is 28.9 Å². The molecule has 1 aromatic carbocycles. The lowest BCUT2D eigenvalue weighted by atomic mass is 10.0. The summed E-state index contributed by atoms with van der Waals surface area (Å²) in [7, 11) is 0. The normalized spacial score (nSPS) is 12.4. The molecule has 2 rings (SSSR count). The Bertz CT molecular complexity index is 560. The molecule has 1 unspecified atom stereocenters. The molecule has 0 amide bonds. The Morgan fingerprint density at radius 3 is 2.72 bits per heavy atom. The molecule has 1 heterocycles. The third kappa shape index (κ3) is 3.13. The number of nitrogens with zero attached hydrogens (tertiary/aromatic N) is 1. The molecule has 3 nitrogen and oxygen atoms in total. The third-order valence-electron chi connectivity index (χ3n) is 2.59. The Labute approximate surface area is 115 Å². The average molecular weight is 283 g/mol. The molecule has 1 atom stereocenters. The summed E-state index contributed by atoms with van der Waals surface area (Å²) in [5.41, 5.74) is 7.17. The van der Waals surface area contributed by atoms with Crippen molar-refractivity contribution in [3.63, 3.8) is 0 Å². The summed E-state index contributed by atoms with van der Waals surface area (Å²) >= 11 is 11.7. The van der Waals surface area contributed by atoms with Crippen molar-refractivity contribution in [1.29, 1.82) is 0 Å². The summed E-state index contributed by atoms with van der Waals surface area (Å²) in [5.74, 6) is 0.286. The van der Waals surface area contributed by atoms with Gasteiger partial charge in [-0.25, -0.2) is 4.98 Å². The molecule has 18 heavy (non-hydrogen) atoms. The molecule has 0 fully saturated rings. The predicted molar refractivity (Wildman–Crippen MR) is 73.8 cm³/mol. The Morgan fingerprint density at radius 2 is 2.00 bits per heavy atom. The number of nitrogens with two attached hydrogens (primary N) is 1. The van der Waals surface area contributed by atoms with Gasteiger partial charge < -0.3 is 10.8 Å². The largest absolute Gasteiger partial charge is 0.388 e. The van der Waals surface area contributed by atoms with Crippen LogP contribution in [0.5, 0.6) is 0 Å². The van der Waals surface area contributed by atoms with Crippen LogP contribution in [0.3, 0.4) is 0 Å². The van der Waals surface area contributed by atoms with Gasteiger partial charge in [0.05, 0.1) is 11.1 Å². The molecule has 0 saturated heterocycles. The smallest absolute Gasteiger partial charge is 0.129 e. The van der Waals surface area contributed by atoms with E-state index in [0.717, 1.165) is 5.56 Å². The number of rotatable bonds is 3. The number of aliphatic hydroxyl groups is 1. The van der Waals surface area contributed by atoms with Gasteiger partial charge in [0.2, 0.25) is 0 Å². The summed E-state index contributed by atoms with van der Waals surface area (Å²) in [4.78, 5) is 3.92. The van der Waals surface area contributed by atoms with E-state index in [1.54, 1.807) is 18.2 Å². The molecule has 94 valence electrons. The fraction of sp³-hybridized carbons (Fsp3) is 0.154.